The molecule has 1 aromatic carbocycles. The summed E-state index contributed by atoms with van der Waals surface area (Å²) in [6.45, 7) is 6.45. The van der Waals surface area contributed by atoms with Gasteiger partial charge in [0.05, 0.1) is 10.7 Å². The third kappa shape index (κ3) is 4.84. The largest absolute Gasteiger partial charge is 0.358 e. The molecule has 3 rings (SSSR count). The number of carbonyl (C=O) groups is 1. The van der Waals surface area contributed by atoms with Crippen LogP contribution in [0.3, 0.4) is 0 Å². The average Bonchev–Trinajstić information content (AvgIpc) is 3.06. The summed E-state index contributed by atoms with van der Waals surface area (Å²) >= 11 is 6.76. The van der Waals surface area contributed by atoms with Gasteiger partial charge in [-0.2, -0.15) is 0 Å². The van der Waals surface area contributed by atoms with Gasteiger partial charge in [-0.3, -0.25) is 15.6 Å². The molecule has 1 amide bonds. The number of thiocarbonyl (C=S) groups is 1. The summed E-state index contributed by atoms with van der Waals surface area (Å²) in [7, 11) is 0. The molecule has 27 heavy (non-hydrogen) atoms. The lowest BCUT2D eigenvalue weighted by molar-refractivity contribution is 0.0947. The van der Waals surface area contributed by atoms with Crippen molar-refractivity contribution in [3.8, 4) is 11.3 Å². The lowest BCUT2D eigenvalue weighted by Crippen LogP contribution is -2.52. The fraction of sp³-hybridized carbons (Fsp3) is 0.450. The quantitative estimate of drug-likeness (QED) is 0.534. The van der Waals surface area contributed by atoms with E-state index >= 15 is 0 Å². The third-order valence-corrected chi connectivity index (χ3v) is 6.49. The van der Waals surface area contributed by atoms with Crippen molar-refractivity contribution in [1.82, 2.24) is 21.2 Å². The minimum absolute atomic E-state index is 0.228. The molecule has 1 aromatic heterocycles. The minimum Gasteiger partial charge on any atom is -0.358 e. The zero-order valence-corrected chi connectivity index (χ0v) is 17.5. The molecule has 0 bridgehead atoms. The second kappa shape index (κ2) is 8.80. The number of hydrogen-bond acceptors (Lipinski definition) is 4. The fourth-order valence-electron chi connectivity index (χ4n) is 3.53. The van der Waals surface area contributed by atoms with E-state index < -0.39 is 0 Å². The van der Waals surface area contributed by atoms with Crippen molar-refractivity contribution in [3.05, 3.63) is 40.2 Å². The molecular formula is C20H26N4OS2. The topological polar surface area (TPSA) is 66.0 Å². The first-order valence-electron chi connectivity index (χ1n) is 9.35. The van der Waals surface area contributed by atoms with Gasteiger partial charge in [0, 0.05) is 11.6 Å². The number of thiazole rings is 1. The minimum atomic E-state index is -0.228. The summed E-state index contributed by atoms with van der Waals surface area (Å²) in [5.74, 6) is 1.01. The summed E-state index contributed by atoms with van der Waals surface area (Å²) in [4.78, 5) is 17.8. The first-order valence-corrected chi connectivity index (χ1v) is 10.6. The highest BCUT2D eigenvalue weighted by Gasteiger charge is 2.27. The molecule has 7 heteroatoms. The molecule has 1 fully saturated rings. The fourth-order valence-corrected chi connectivity index (χ4v) is 4.57. The van der Waals surface area contributed by atoms with Gasteiger partial charge in [0.2, 0.25) is 0 Å². The van der Waals surface area contributed by atoms with Gasteiger partial charge in [-0.05, 0) is 37.4 Å². The second-order valence-corrected chi connectivity index (χ2v) is 8.81. The van der Waals surface area contributed by atoms with E-state index in [2.05, 4.69) is 35.0 Å². The van der Waals surface area contributed by atoms with Crippen molar-refractivity contribution in [2.75, 3.05) is 0 Å². The van der Waals surface area contributed by atoms with E-state index in [0.717, 1.165) is 17.0 Å². The van der Waals surface area contributed by atoms with Crippen LogP contribution >= 0.6 is 23.6 Å². The smallest absolute Gasteiger partial charge is 0.282 e. The van der Waals surface area contributed by atoms with Crippen LogP contribution in [0.25, 0.3) is 11.3 Å². The van der Waals surface area contributed by atoms with E-state index in [1.54, 1.807) is 0 Å². The molecule has 5 nitrogen and oxygen atoms in total. The highest BCUT2D eigenvalue weighted by atomic mass is 32.1. The molecule has 0 saturated heterocycles. The third-order valence-electron chi connectivity index (χ3n) is 5.30. The molecule has 0 unspecified atom stereocenters. The Kier molecular flexibility index (Phi) is 6.44. The van der Waals surface area contributed by atoms with Crippen molar-refractivity contribution >= 4 is 34.6 Å². The predicted molar refractivity (Wildman–Crippen MR) is 115 cm³/mol. The van der Waals surface area contributed by atoms with Crippen LogP contribution in [0.5, 0.6) is 0 Å². The van der Waals surface area contributed by atoms with Crippen molar-refractivity contribution in [3.63, 3.8) is 0 Å². The van der Waals surface area contributed by atoms with Gasteiger partial charge in [0.15, 0.2) is 5.11 Å². The number of rotatable bonds is 3. The molecule has 0 radical (unpaired) electrons. The predicted octanol–water partition coefficient (Wildman–Crippen LogP) is 4.05. The number of amides is 1. The number of carbonyl (C=O) groups excluding carboxylic acids is 1. The van der Waals surface area contributed by atoms with Crippen LogP contribution in [0.1, 0.15) is 47.8 Å². The summed E-state index contributed by atoms with van der Waals surface area (Å²) in [6.07, 6.45) is 3.58. The summed E-state index contributed by atoms with van der Waals surface area (Å²) in [5, 5.41) is 4.66. The second-order valence-electron chi connectivity index (χ2n) is 7.20. The Morgan fingerprint density at radius 3 is 2.67 bits per heavy atom. The van der Waals surface area contributed by atoms with Gasteiger partial charge in [-0.1, -0.05) is 57.0 Å². The molecule has 0 aliphatic heterocycles. The van der Waals surface area contributed by atoms with Crippen LogP contribution in [0, 0.1) is 18.8 Å². The molecule has 1 aliphatic rings. The number of nitrogens with zero attached hydrogens (tertiary/aromatic N) is 1. The van der Waals surface area contributed by atoms with Crippen molar-refractivity contribution in [1.29, 1.82) is 0 Å². The standard InChI is InChI=1S/C20H26N4OS2/c1-12-8-7-11-16(13(12)2)22-20(26)24-23-19(25)18-17(21-14(3)27-18)15-9-5-4-6-10-15/h4-6,9-10,12-13,16H,7-8,11H2,1-3H3,(H,23,25)(H2,22,24,26)/t12-,13+,16-/m1/s1. The lowest BCUT2D eigenvalue weighted by atomic mass is 9.78. The summed E-state index contributed by atoms with van der Waals surface area (Å²) in [6, 6.07) is 10.1. The Morgan fingerprint density at radius 1 is 1.19 bits per heavy atom. The van der Waals surface area contributed by atoms with E-state index in [0.29, 0.717) is 33.6 Å². The van der Waals surface area contributed by atoms with Crippen LogP contribution in [0.4, 0.5) is 0 Å². The lowest BCUT2D eigenvalue weighted by Gasteiger charge is -2.35. The Balaban J connectivity index is 1.61. The summed E-state index contributed by atoms with van der Waals surface area (Å²) < 4.78 is 0. The number of aromatic nitrogens is 1. The normalized spacial score (nSPS) is 22.1. The first-order chi connectivity index (χ1) is 13.0. The molecule has 144 valence electrons. The number of benzene rings is 1. The van der Waals surface area contributed by atoms with Crippen LogP contribution in [0.15, 0.2) is 30.3 Å². The molecule has 3 N–H and O–H groups in total. The average molecular weight is 403 g/mol. The van der Waals surface area contributed by atoms with E-state index in [1.807, 2.05) is 37.3 Å². The van der Waals surface area contributed by atoms with Gasteiger partial charge in [-0.15, -0.1) is 11.3 Å². The maximum Gasteiger partial charge on any atom is 0.282 e. The molecule has 1 heterocycles. The van der Waals surface area contributed by atoms with E-state index in [9.17, 15) is 4.79 Å². The maximum atomic E-state index is 12.7. The van der Waals surface area contributed by atoms with Gasteiger partial charge < -0.3 is 5.32 Å². The monoisotopic (exact) mass is 402 g/mol. The molecular weight excluding hydrogens is 376 g/mol. The van der Waals surface area contributed by atoms with Gasteiger partial charge in [0.1, 0.15) is 4.88 Å². The van der Waals surface area contributed by atoms with Crippen LogP contribution < -0.4 is 16.2 Å². The number of nitrogens with one attached hydrogen (secondary N) is 3. The van der Waals surface area contributed by atoms with Crippen LogP contribution in [0.2, 0.25) is 0 Å². The highest BCUT2D eigenvalue weighted by Crippen LogP contribution is 2.29. The first kappa shape index (κ1) is 19.8. The molecule has 0 spiro atoms. The van der Waals surface area contributed by atoms with Crippen molar-refractivity contribution in [2.24, 2.45) is 11.8 Å². The Bertz CT molecular complexity index is 806. The molecule has 3 atom stereocenters. The molecule has 1 saturated carbocycles. The Morgan fingerprint density at radius 2 is 1.93 bits per heavy atom. The molecule has 2 aromatic rings. The number of aryl methyl sites for hydroxylation is 1. The van der Waals surface area contributed by atoms with Crippen molar-refractivity contribution in [2.45, 2.75) is 46.1 Å². The number of hydrogen-bond donors (Lipinski definition) is 3. The summed E-state index contributed by atoms with van der Waals surface area (Å²) in [5.41, 5.74) is 7.20. The van der Waals surface area contributed by atoms with E-state index in [-0.39, 0.29) is 5.91 Å². The van der Waals surface area contributed by atoms with Gasteiger partial charge >= 0.3 is 0 Å². The van der Waals surface area contributed by atoms with Gasteiger partial charge in [-0.25, -0.2) is 4.98 Å². The van der Waals surface area contributed by atoms with E-state index in [4.69, 9.17) is 12.2 Å². The van der Waals surface area contributed by atoms with Gasteiger partial charge in [0.25, 0.3) is 5.91 Å². The van der Waals surface area contributed by atoms with E-state index in [1.165, 1.54) is 24.2 Å². The van der Waals surface area contributed by atoms with Crippen LogP contribution in [-0.2, 0) is 0 Å². The maximum absolute atomic E-state index is 12.7. The zero-order chi connectivity index (χ0) is 19.4. The number of hydrazine groups is 1. The Labute approximate surface area is 169 Å². The SMILES string of the molecule is Cc1nc(-c2ccccc2)c(C(=O)NNC(=S)N[C@@H]2CCC[C@@H](C)[C@@H]2C)s1. The molecule has 1 aliphatic carbocycles. The van der Waals surface area contributed by atoms with Crippen molar-refractivity contribution < 1.29 is 4.79 Å². The highest BCUT2D eigenvalue weighted by molar-refractivity contribution is 7.80. The zero-order valence-electron chi connectivity index (χ0n) is 15.9. The Hall–Kier alpha value is -1.99. The van der Waals surface area contributed by atoms with Crippen LogP contribution in [-0.4, -0.2) is 22.0 Å².